The molecular formula is C29H21N5O. The molecule has 6 heteroatoms. The fourth-order valence-corrected chi connectivity index (χ4v) is 4.23. The predicted molar refractivity (Wildman–Crippen MR) is 138 cm³/mol. The lowest BCUT2D eigenvalue weighted by atomic mass is 10.0. The number of H-pyrrole nitrogens is 1. The Labute approximate surface area is 201 Å². The number of nitrogens with zero attached hydrogens (tertiary/aromatic N) is 3. The molecule has 0 atom stereocenters. The summed E-state index contributed by atoms with van der Waals surface area (Å²) in [6.07, 6.45) is 0. The van der Waals surface area contributed by atoms with E-state index in [4.69, 9.17) is 5.10 Å². The third-order valence-corrected chi connectivity index (χ3v) is 5.83. The van der Waals surface area contributed by atoms with Gasteiger partial charge in [-0.3, -0.25) is 10.1 Å². The van der Waals surface area contributed by atoms with Crippen molar-refractivity contribution in [1.29, 1.82) is 0 Å². The fourth-order valence-electron chi connectivity index (χ4n) is 4.23. The van der Waals surface area contributed by atoms with Crippen molar-refractivity contribution >= 4 is 22.9 Å². The molecule has 6 rings (SSSR count). The number of amides is 1. The summed E-state index contributed by atoms with van der Waals surface area (Å²) in [6.45, 7) is 0. The van der Waals surface area contributed by atoms with Crippen molar-refractivity contribution in [3.8, 4) is 28.2 Å². The summed E-state index contributed by atoms with van der Waals surface area (Å²) in [6, 6.07) is 37.1. The molecule has 1 amide bonds. The van der Waals surface area contributed by atoms with Gasteiger partial charge in [0, 0.05) is 11.1 Å². The van der Waals surface area contributed by atoms with E-state index in [9.17, 15) is 4.79 Å². The molecule has 4 aromatic carbocycles. The molecule has 2 aromatic heterocycles. The Morgan fingerprint density at radius 3 is 2.00 bits per heavy atom. The molecule has 6 aromatic rings. The molecule has 0 spiro atoms. The van der Waals surface area contributed by atoms with Crippen molar-refractivity contribution in [3.63, 3.8) is 0 Å². The quantitative estimate of drug-likeness (QED) is 0.319. The molecule has 0 radical (unpaired) electrons. The number of aromatic amines is 1. The first-order chi connectivity index (χ1) is 17.3. The van der Waals surface area contributed by atoms with Crippen molar-refractivity contribution in [2.75, 3.05) is 5.32 Å². The van der Waals surface area contributed by atoms with E-state index in [1.807, 2.05) is 120 Å². The number of anilines is 1. The van der Waals surface area contributed by atoms with E-state index >= 15 is 0 Å². The number of rotatable bonds is 5. The van der Waals surface area contributed by atoms with Crippen LogP contribution in [0.15, 0.2) is 115 Å². The maximum Gasteiger partial charge on any atom is 0.262 e. The van der Waals surface area contributed by atoms with Crippen LogP contribution in [0.2, 0.25) is 0 Å². The highest BCUT2D eigenvalue weighted by Crippen LogP contribution is 2.35. The first-order valence-electron chi connectivity index (χ1n) is 11.3. The first-order valence-corrected chi connectivity index (χ1v) is 11.3. The van der Waals surface area contributed by atoms with Gasteiger partial charge in [0.2, 0.25) is 5.95 Å². The van der Waals surface area contributed by atoms with Crippen LogP contribution in [0.1, 0.15) is 10.4 Å². The summed E-state index contributed by atoms with van der Waals surface area (Å²) in [5.41, 5.74) is 6.04. The molecule has 0 aliphatic heterocycles. The lowest BCUT2D eigenvalue weighted by Gasteiger charge is -2.10. The van der Waals surface area contributed by atoms with Crippen molar-refractivity contribution in [2.24, 2.45) is 0 Å². The van der Waals surface area contributed by atoms with Crippen LogP contribution >= 0.6 is 0 Å². The van der Waals surface area contributed by atoms with Gasteiger partial charge in [0.05, 0.1) is 28.0 Å². The number of benzene rings is 4. The Bertz CT molecular complexity index is 1590. The Morgan fingerprint density at radius 1 is 0.714 bits per heavy atom. The van der Waals surface area contributed by atoms with Crippen LogP contribution in [0.4, 0.5) is 5.95 Å². The van der Waals surface area contributed by atoms with Gasteiger partial charge in [0.15, 0.2) is 0 Å². The number of nitrogens with one attached hydrogen (secondary N) is 2. The Balaban J connectivity index is 1.57. The third kappa shape index (κ3) is 3.87. The predicted octanol–water partition coefficient (Wildman–Crippen LogP) is 6.33. The molecule has 2 heterocycles. The molecule has 0 aliphatic rings. The van der Waals surface area contributed by atoms with Gasteiger partial charge in [0.25, 0.3) is 5.91 Å². The molecule has 0 saturated carbocycles. The van der Waals surface area contributed by atoms with E-state index in [2.05, 4.69) is 15.3 Å². The number of fused-ring (bicyclic) bond motifs is 1. The van der Waals surface area contributed by atoms with Gasteiger partial charge in [-0.1, -0.05) is 91.0 Å². The summed E-state index contributed by atoms with van der Waals surface area (Å²) in [5, 5.41) is 7.93. The van der Waals surface area contributed by atoms with Crippen LogP contribution in [0.3, 0.4) is 0 Å². The minimum Gasteiger partial charge on any atom is -0.324 e. The number of hydrogen-bond donors (Lipinski definition) is 2. The molecular weight excluding hydrogens is 434 g/mol. The first kappa shape index (κ1) is 20.6. The fraction of sp³-hybridized carbons (Fsp3) is 0. The van der Waals surface area contributed by atoms with Crippen LogP contribution < -0.4 is 5.32 Å². The maximum atomic E-state index is 13.9. The third-order valence-electron chi connectivity index (χ3n) is 5.83. The van der Waals surface area contributed by atoms with E-state index in [0.717, 1.165) is 27.8 Å². The summed E-state index contributed by atoms with van der Waals surface area (Å²) in [5.74, 6) is 0.102. The van der Waals surface area contributed by atoms with Gasteiger partial charge in [-0.25, -0.2) is 9.67 Å². The Hall–Kier alpha value is -4.97. The lowest BCUT2D eigenvalue weighted by Crippen LogP contribution is -2.15. The van der Waals surface area contributed by atoms with Crippen LogP contribution in [-0.4, -0.2) is 25.7 Å². The van der Waals surface area contributed by atoms with Crippen LogP contribution in [0.25, 0.3) is 39.2 Å². The van der Waals surface area contributed by atoms with E-state index in [1.54, 1.807) is 0 Å². The number of imidazole rings is 1. The topological polar surface area (TPSA) is 75.6 Å². The molecule has 0 bridgehead atoms. The van der Waals surface area contributed by atoms with E-state index in [-0.39, 0.29) is 5.91 Å². The van der Waals surface area contributed by atoms with Gasteiger partial charge in [0.1, 0.15) is 5.69 Å². The van der Waals surface area contributed by atoms with E-state index < -0.39 is 0 Å². The Kier molecular flexibility index (Phi) is 5.16. The second kappa shape index (κ2) is 8.76. The number of carbonyl (C=O) groups is 1. The second-order valence-electron chi connectivity index (χ2n) is 8.11. The van der Waals surface area contributed by atoms with Crippen molar-refractivity contribution < 1.29 is 4.79 Å². The highest BCUT2D eigenvalue weighted by atomic mass is 16.1. The number of hydrogen-bond acceptors (Lipinski definition) is 3. The normalized spacial score (nSPS) is 11.0. The highest BCUT2D eigenvalue weighted by Gasteiger charge is 2.27. The van der Waals surface area contributed by atoms with Gasteiger partial charge in [-0.15, -0.1) is 0 Å². The maximum absolute atomic E-state index is 13.9. The SMILES string of the molecule is O=C(Nc1nc2ccccc2[nH]1)c1c(-c2ccccc2)nn(-c2ccccc2)c1-c1ccccc1. The summed E-state index contributed by atoms with van der Waals surface area (Å²) in [4.78, 5) is 21.6. The minimum absolute atomic E-state index is 0.288. The summed E-state index contributed by atoms with van der Waals surface area (Å²) in [7, 11) is 0. The van der Waals surface area contributed by atoms with Crippen molar-refractivity contribution in [1.82, 2.24) is 19.7 Å². The smallest absolute Gasteiger partial charge is 0.262 e. The van der Waals surface area contributed by atoms with Gasteiger partial charge in [-0.05, 0) is 24.3 Å². The van der Waals surface area contributed by atoms with Gasteiger partial charge >= 0.3 is 0 Å². The zero-order valence-corrected chi connectivity index (χ0v) is 18.7. The summed E-state index contributed by atoms with van der Waals surface area (Å²) < 4.78 is 1.84. The van der Waals surface area contributed by atoms with E-state index in [0.29, 0.717) is 22.9 Å². The van der Waals surface area contributed by atoms with Crippen LogP contribution in [-0.2, 0) is 0 Å². The van der Waals surface area contributed by atoms with Crippen LogP contribution in [0, 0.1) is 0 Å². The largest absolute Gasteiger partial charge is 0.324 e. The zero-order chi connectivity index (χ0) is 23.6. The lowest BCUT2D eigenvalue weighted by molar-refractivity contribution is 0.102. The van der Waals surface area contributed by atoms with E-state index in [1.165, 1.54) is 0 Å². The zero-order valence-electron chi connectivity index (χ0n) is 18.7. The highest BCUT2D eigenvalue weighted by molar-refractivity contribution is 6.12. The molecule has 0 fully saturated rings. The molecule has 0 unspecified atom stereocenters. The average molecular weight is 456 g/mol. The Morgan fingerprint density at radius 2 is 1.31 bits per heavy atom. The monoisotopic (exact) mass is 455 g/mol. The number of aromatic nitrogens is 4. The summed E-state index contributed by atoms with van der Waals surface area (Å²) >= 11 is 0. The standard InChI is InChI=1S/C29H21N5O/c35-28(32-29-30-23-18-10-11-19-24(23)31-29)25-26(20-12-4-1-5-13-20)33-34(22-16-8-3-9-17-22)27(25)21-14-6-2-7-15-21/h1-19H,(H2,30,31,32,35). The van der Waals surface area contributed by atoms with Gasteiger partial charge < -0.3 is 4.98 Å². The second-order valence-corrected chi connectivity index (χ2v) is 8.11. The number of para-hydroxylation sites is 3. The van der Waals surface area contributed by atoms with Gasteiger partial charge in [-0.2, -0.15) is 5.10 Å². The average Bonchev–Trinajstić information content (AvgIpc) is 3.52. The minimum atomic E-state index is -0.288. The molecule has 6 nitrogen and oxygen atoms in total. The molecule has 0 aliphatic carbocycles. The van der Waals surface area contributed by atoms with Crippen molar-refractivity contribution in [2.45, 2.75) is 0 Å². The van der Waals surface area contributed by atoms with Crippen molar-refractivity contribution in [3.05, 3.63) is 121 Å². The molecule has 168 valence electrons. The molecule has 0 saturated heterocycles. The number of carbonyl (C=O) groups excluding carboxylic acids is 1. The van der Waals surface area contributed by atoms with Crippen LogP contribution in [0.5, 0.6) is 0 Å². The molecule has 35 heavy (non-hydrogen) atoms. The molecule has 2 N–H and O–H groups in total.